The first kappa shape index (κ1) is 16.7. The molecule has 2 aromatic carbocycles. The van der Waals surface area contributed by atoms with Crippen molar-refractivity contribution in [3.05, 3.63) is 54.1 Å². The van der Waals surface area contributed by atoms with E-state index in [-0.39, 0.29) is 17.9 Å². The number of primary amides is 1. The number of para-hydroxylation sites is 2. The van der Waals surface area contributed by atoms with Gasteiger partial charge in [-0.3, -0.25) is 9.59 Å². The van der Waals surface area contributed by atoms with Crippen LogP contribution in [-0.2, 0) is 4.79 Å². The smallest absolute Gasteiger partial charge is 0.387 e. The Morgan fingerprint density at radius 2 is 1.84 bits per heavy atom. The van der Waals surface area contributed by atoms with E-state index in [9.17, 15) is 18.4 Å². The quantitative estimate of drug-likeness (QED) is 0.918. The summed E-state index contributed by atoms with van der Waals surface area (Å²) in [4.78, 5) is 25.7. The van der Waals surface area contributed by atoms with E-state index >= 15 is 0 Å². The lowest BCUT2D eigenvalue weighted by Crippen LogP contribution is -2.49. The summed E-state index contributed by atoms with van der Waals surface area (Å²) in [6.07, 6.45) is -0.972. The Morgan fingerprint density at radius 1 is 1.16 bits per heavy atom. The number of rotatable bonds is 4. The third-order valence-corrected chi connectivity index (χ3v) is 3.66. The summed E-state index contributed by atoms with van der Waals surface area (Å²) in [6.45, 7) is -2.98. The maximum atomic E-state index is 12.8. The minimum Gasteiger partial charge on any atom is -0.477 e. The second kappa shape index (κ2) is 6.76. The maximum absolute atomic E-state index is 12.8. The van der Waals surface area contributed by atoms with Crippen LogP contribution in [0.3, 0.4) is 0 Å². The van der Waals surface area contributed by atoms with Crippen molar-refractivity contribution in [3.63, 3.8) is 0 Å². The summed E-state index contributed by atoms with van der Waals surface area (Å²) >= 11 is 0. The molecule has 0 aliphatic carbocycles. The van der Waals surface area contributed by atoms with Gasteiger partial charge >= 0.3 is 6.61 Å². The Hall–Kier alpha value is -3.16. The molecule has 0 radical (unpaired) electrons. The van der Waals surface area contributed by atoms with Crippen molar-refractivity contribution >= 4 is 17.5 Å². The first-order valence-corrected chi connectivity index (χ1v) is 7.37. The number of alkyl halides is 2. The van der Waals surface area contributed by atoms with Crippen molar-refractivity contribution in [3.8, 4) is 11.5 Å². The summed E-state index contributed by atoms with van der Waals surface area (Å²) in [5.41, 5.74) is 6.05. The molecule has 25 heavy (non-hydrogen) atoms. The van der Waals surface area contributed by atoms with Crippen LogP contribution in [0.25, 0.3) is 0 Å². The van der Waals surface area contributed by atoms with Gasteiger partial charge in [-0.2, -0.15) is 8.78 Å². The van der Waals surface area contributed by atoms with Gasteiger partial charge in [0.25, 0.3) is 11.8 Å². The number of hydrogen-bond donors (Lipinski definition) is 1. The molecular formula is C17H14F2N2O4. The molecule has 6 nitrogen and oxygen atoms in total. The number of benzene rings is 2. The third kappa shape index (κ3) is 3.52. The Kier molecular flexibility index (Phi) is 4.51. The molecule has 2 N–H and O–H groups in total. The van der Waals surface area contributed by atoms with Gasteiger partial charge in [0.2, 0.25) is 0 Å². The van der Waals surface area contributed by atoms with Crippen LogP contribution in [0.1, 0.15) is 10.4 Å². The molecule has 8 heteroatoms. The molecule has 3 rings (SSSR count). The molecule has 0 bridgehead atoms. The Bertz CT molecular complexity index is 795. The van der Waals surface area contributed by atoms with Crippen LogP contribution in [0.2, 0.25) is 0 Å². The van der Waals surface area contributed by atoms with E-state index in [1.165, 1.54) is 29.2 Å². The van der Waals surface area contributed by atoms with E-state index in [4.69, 9.17) is 10.5 Å². The Labute approximate surface area is 141 Å². The number of carbonyl (C=O) groups excluding carboxylic acids is 2. The average Bonchev–Trinajstić information content (AvgIpc) is 2.60. The summed E-state index contributed by atoms with van der Waals surface area (Å²) in [5.74, 6) is -0.786. The summed E-state index contributed by atoms with van der Waals surface area (Å²) in [5, 5.41) is 0. The lowest BCUT2D eigenvalue weighted by Gasteiger charge is -2.33. The van der Waals surface area contributed by atoms with Gasteiger partial charge in [-0.1, -0.05) is 12.1 Å². The number of carbonyl (C=O) groups is 2. The zero-order valence-electron chi connectivity index (χ0n) is 12.9. The number of halogens is 2. The first-order valence-electron chi connectivity index (χ1n) is 7.37. The number of amides is 2. The highest BCUT2D eigenvalue weighted by atomic mass is 19.3. The van der Waals surface area contributed by atoms with Gasteiger partial charge in [-0.05, 0) is 36.4 Å². The number of anilines is 1. The van der Waals surface area contributed by atoms with Gasteiger partial charge < -0.3 is 20.1 Å². The fourth-order valence-electron chi connectivity index (χ4n) is 2.51. The fraction of sp³-hybridized carbons (Fsp3) is 0.176. The SMILES string of the molecule is NC(=O)[C@H]1CN(C(=O)c2ccc(OC(F)F)cc2)c2ccccc2O1. The van der Waals surface area contributed by atoms with Gasteiger partial charge in [0, 0.05) is 5.56 Å². The van der Waals surface area contributed by atoms with E-state index in [1.807, 2.05) is 0 Å². The normalized spacial score (nSPS) is 16.1. The molecule has 0 spiro atoms. The number of ether oxygens (including phenoxy) is 2. The molecule has 2 amide bonds. The molecule has 2 aromatic rings. The zero-order valence-corrected chi connectivity index (χ0v) is 12.9. The largest absolute Gasteiger partial charge is 0.477 e. The molecule has 130 valence electrons. The maximum Gasteiger partial charge on any atom is 0.387 e. The van der Waals surface area contributed by atoms with Crippen molar-refractivity contribution in [2.75, 3.05) is 11.4 Å². The van der Waals surface area contributed by atoms with E-state index in [0.717, 1.165) is 0 Å². The predicted molar refractivity (Wildman–Crippen MR) is 84.8 cm³/mol. The Balaban J connectivity index is 1.89. The number of nitrogens with two attached hydrogens (primary N) is 1. The van der Waals surface area contributed by atoms with Crippen LogP contribution in [-0.4, -0.2) is 31.1 Å². The molecule has 1 atom stereocenters. The van der Waals surface area contributed by atoms with E-state index < -0.39 is 24.5 Å². The minimum atomic E-state index is -2.94. The molecule has 1 aliphatic rings. The third-order valence-electron chi connectivity index (χ3n) is 3.66. The fourth-order valence-corrected chi connectivity index (χ4v) is 2.51. The molecule has 0 saturated heterocycles. The highest BCUT2D eigenvalue weighted by molar-refractivity contribution is 6.07. The van der Waals surface area contributed by atoms with Crippen LogP contribution >= 0.6 is 0 Å². The van der Waals surface area contributed by atoms with E-state index in [2.05, 4.69) is 4.74 Å². The predicted octanol–water partition coefficient (Wildman–Crippen LogP) is 2.18. The van der Waals surface area contributed by atoms with E-state index in [0.29, 0.717) is 11.4 Å². The van der Waals surface area contributed by atoms with Gasteiger partial charge in [0.15, 0.2) is 6.10 Å². The van der Waals surface area contributed by atoms with Crippen molar-refractivity contribution in [2.45, 2.75) is 12.7 Å². The molecule has 1 aliphatic heterocycles. The van der Waals surface area contributed by atoms with Gasteiger partial charge in [-0.25, -0.2) is 0 Å². The van der Waals surface area contributed by atoms with Crippen LogP contribution in [0.15, 0.2) is 48.5 Å². The second-order valence-corrected chi connectivity index (χ2v) is 5.30. The highest BCUT2D eigenvalue weighted by Crippen LogP contribution is 2.34. The van der Waals surface area contributed by atoms with E-state index in [1.54, 1.807) is 24.3 Å². The summed E-state index contributed by atoms with van der Waals surface area (Å²) < 4.78 is 34.2. The van der Waals surface area contributed by atoms with Gasteiger partial charge in [-0.15, -0.1) is 0 Å². The number of fused-ring (bicyclic) bond motifs is 1. The van der Waals surface area contributed by atoms with Crippen LogP contribution in [0.5, 0.6) is 11.5 Å². The standard InChI is InChI=1S/C17H14F2N2O4/c18-17(19)24-11-7-5-10(6-8-11)16(23)21-9-14(15(20)22)25-13-4-2-1-3-12(13)21/h1-8,14,17H,9H2,(H2,20,22)/t14-/m1/s1. The Morgan fingerprint density at radius 3 is 2.48 bits per heavy atom. The summed E-state index contributed by atoms with van der Waals surface area (Å²) in [7, 11) is 0. The van der Waals surface area contributed by atoms with Crippen LogP contribution in [0, 0.1) is 0 Å². The monoisotopic (exact) mass is 348 g/mol. The summed E-state index contributed by atoms with van der Waals surface area (Å²) in [6, 6.07) is 12.0. The molecule has 0 fully saturated rings. The van der Waals surface area contributed by atoms with Crippen LogP contribution < -0.4 is 20.1 Å². The molecule has 0 unspecified atom stereocenters. The molecule has 0 aromatic heterocycles. The topological polar surface area (TPSA) is 81.9 Å². The average molecular weight is 348 g/mol. The van der Waals surface area contributed by atoms with Gasteiger partial charge in [0.05, 0.1) is 12.2 Å². The lowest BCUT2D eigenvalue weighted by atomic mass is 10.1. The van der Waals surface area contributed by atoms with Crippen molar-refractivity contribution < 1.29 is 27.8 Å². The number of nitrogens with zero attached hydrogens (tertiary/aromatic N) is 1. The zero-order chi connectivity index (χ0) is 18.0. The van der Waals surface area contributed by atoms with Gasteiger partial charge in [0.1, 0.15) is 11.5 Å². The molecule has 0 saturated carbocycles. The van der Waals surface area contributed by atoms with Crippen molar-refractivity contribution in [1.82, 2.24) is 0 Å². The van der Waals surface area contributed by atoms with Crippen molar-refractivity contribution in [1.29, 1.82) is 0 Å². The first-order chi connectivity index (χ1) is 12.0. The molecule has 1 heterocycles. The minimum absolute atomic E-state index is 0.0412. The highest BCUT2D eigenvalue weighted by Gasteiger charge is 2.33. The molecular weight excluding hydrogens is 334 g/mol. The lowest BCUT2D eigenvalue weighted by molar-refractivity contribution is -0.124. The second-order valence-electron chi connectivity index (χ2n) is 5.30. The van der Waals surface area contributed by atoms with Crippen LogP contribution in [0.4, 0.5) is 14.5 Å². The number of hydrogen-bond acceptors (Lipinski definition) is 4. The van der Waals surface area contributed by atoms with Crippen molar-refractivity contribution in [2.24, 2.45) is 5.73 Å².